The van der Waals surface area contributed by atoms with Crippen molar-refractivity contribution >= 4 is 21.8 Å². The van der Waals surface area contributed by atoms with Crippen molar-refractivity contribution in [2.45, 2.75) is 11.8 Å². The van der Waals surface area contributed by atoms with Gasteiger partial charge in [-0.1, -0.05) is 6.07 Å². The van der Waals surface area contributed by atoms with Gasteiger partial charge in [0.25, 0.3) is 5.91 Å². The fraction of sp³-hybridized carbons (Fsp3) is 0.467. The average Bonchev–Trinajstić information content (AvgIpc) is 2.61. The van der Waals surface area contributed by atoms with Crippen LogP contribution in [0.25, 0.3) is 0 Å². The van der Waals surface area contributed by atoms with Gasteiger partial charge in [0, 0.05) is 25.2 Å². The Kier molecular flexibility index (Phi) is 6.29. The molecule has 1 aliphatic heterocycles. The number of nitrogens with one attached hydrogen (secondary N) is 2. The third kappa shape index (κ3) is 4.53. The number of carbonyl (C=O) groups is 2. The van der Waals surface area contributed by atoms with Gasteiger partial charge in [-0.3, -0.25) is 9.59 Å². The molecule has 0 aromatic heterocycles. The molecule has 0 atom stereocenters. The molecule has 9 heteroatoms. The van der Waals surface area contributed by atoms with Crippen molar-refractivity contribution in [3.8, 4) is 0 Å². The number of benzene rings is 1. The van der Waals surface area contributed by atoms with E-state index in [-0.39, 0.29) is 36.0 Å². The highest BCUT2D eigenvalue weighted by Crippen LogP contribution is 2.18. The molecule has 1 fully saturated rings. The summed E-state index contributed by atoms with van der Waals surface area (Å²) in [6, 6.07) is 5.78. The van der Waals surface area contributed by atoms with Gasteiger partial charge >= 0.3 is 0 Å². The summed E-state index contributed by atoms with van der Waals surface area (Å²) in [5.41, 5.74) is 0.189. The number of morpholine rings is 1. The zero-order valence-corrected chi connectivity index (χ0v) is 14.3. The number of sulfonamides is 1. The Balaban J connectivity index is 2.10. The predicted octanol–water partition coefficient (Wildman–Crippen LogP) is -0.427. The van der Waals surface area contributed by atoms with E-state index < -0.39 is 15.9 Å². The van der Waals surface area contributed by atoms with Crippen molar-refractivity contribution < 1.29 is 22.7 Å². The normalized spacial score (nSPS) is 15.7. The summed E-state index contributed by atoms with van der Waals surface area (Å²) < 4.78 is 31.7. The second-order valence-electron chi connectivity index (χ2n) is 5.18. The van der Waals surface area contributed by atoms with E-state index in [4.69, 9.17) is 4.74 Å². The van der Waals surface area contributed by atoms with Crippen LogP contribution in [-0.2, 0) is 19.6 Å². The van der Waals surface area contributed by atoms with Gasteiger partial charge in [0.15, 0.2) is 0 Å². The quantitative estimate of drug-likeness (QED) is 0.721. The molecule has 2 amide bonds. The monoisotopic (exact) mass is 355 g/mol. The van der Waals surface area contributed by atoms with E-state index in [2.05, 4.69) is 10.6 Å². The molecule has 0 saturated carbocycles. The Labute approximate surface area is 141 Å². The van der Waals surface area contributed by atoms with Crippen LogP contribution in [0.4, 0.5) is 0 Å². The highest BCUT2D eigenvalue weighted by atomic mass is 32.2. The van der Waals surface area contributed by atoms with Gasteiger partial charge in [-0.05, 0) is 25.1 Å². The summed E-state index contributed by atoms with van der Waals surface area (Å²) >= 11 is 0. The molecule has 0 radical (unpaired) electrons. The molecule has 24 heavy (non-hydrogen) atoms. The van der Waals surface area contributed by atoms with Crippen molar-refractivity contribution in [1.82, 2.24) is 14.9 Å². The second kappa shape index (κ2) is 8.22. The third-order valence-electron chi connectivity index (χ3n) is 3.49. The SMILES string of the molecule is CCNC(=O)CNC(=O)c1cccc(S(=O)(=O)N2CCOCC2)c1. The van der Waals surface area contributed by atoms with Crippen molar-refractivity contribution in [3.63, 3.8) is 0 Å². The Hall–Kier alpha value is -1.97. The van der Waals surface area contributed by atoms with E-state index in [0.29, 0.717) is 19.8 Å². The minimum absolute atomic E-state index is 0.0510. The van der Waals surface area contributed by atoms with E-state index in [1.54, 1.807) is 6.92 Å². The molecule has 1 heterocycles. The average molecular weight is 355 g/mol. The van der Waals surface area contributed by atoms with E-state index in [0.717, 1.165) is 0 Å². The molecule has 0 bridgehead atoms. The third-order valence-corrected chi connectivity index (χ3v) is 5.38. The van der Waals surface area contributed by atoms with Crippen molar-refractivity contribution in [3.05, 3.63) is 29.8 Å². The molecule has 1 saturated heterocycles. The molecule has 8 nitrogen and oxygen atoms in total. The Morgan fingerprint density at radius 2 is 1.92 bits per heavy atom. The first-order valence-electron chi connectivity index (χ1n) is 7.68. The Morgan fingerprint density at radius 3 is 2.58 bits per heavy atom. The first-order valence-corrected chi connectivity index (χ1v) is 9.12. The van der Waals surface area contributed by atoms with Gasteiger partial charge in [0.2, 0.25) is 15.9 Å². The lowest BCUT2D eigenvalue weighted by Crippen LogP contribution is -2.40. The van der Waals surface area contributed by atoms with E-state index >= 15 is 0 Å². The lowest BCUT2D eigenvalue weighted by atomic mass is 10.2. The van der Waals surface area contributed by atoms with Crippen LogP contribution in [0.15, 0.2) is 29.2 Å². The Morgan fingerprint density at radius 1 is 1.21 bits per heavy atom. The first kappa shape index (κ1) is 18.4. The number of nitrogens with zero attached hydrogens (tertiary/aromatic N) is 1. The van der Waals surface area contributed by atoms with Crippen molar-refractivity contribution in [2.24, 2.45) is 0 Å². The van der Waals surface area contributed by atoms with Crippen molar-refractivity contribution in [2.75, 3.05) is 39.4 Å². The molecule has 1 aliphatic rings. The molecule has 2 rings (SSSR count). The smallest absolute Gasteiger partial charge is 0.251 e. The van der Waals surface area contributed by atoms with Crippen LogP contribution in [0.3, 0.4) is 0 Å². The summed E-state index contributed by atoms with van der Waals surface area (Å²) in [6.07, 6.45) is 0. The predicted molar refractivity (Wildman–Crippen MR) is 87.0 cm³/mol. The largest absolute Gasteiger partial charge is 0.379 e. The molecular formula is C15H21N3O5S. The number of hydrogen-bond acceptors (Lipinski definition) is 5. The molecule has 132 valence electrons. The summed E-state index contributed by atoms with van der Waals surface area (Å²) in [7, 11) is -3.66. The highest BCUT2D eigenvalue weighted by Gasteiger charge is 2.26. The molecule has 0 unspecified atom stereocenters. The molecule has 1 aromatic carbocycles. The lowest BCUT2D eigenvalue weighted by Gasteiger charge is -2.26. The molecule has 1 aromatic rings. The van der Waals surface area contributed by atoms with Crippen LogP contribution in [0, 0.1) is 0 Å². The fourth-order valence-corrected chi connectivity index (χ4v) is 3.71. The lowest BCUT2D eigenvalue weighted by molar-refractivity contribution is -0.120. The summed E-state index contributed by atoms with van der Waals surface area (Å²) in [5, 5.41) is 5.03. The number of rotatable bonds is 6. The van der Waals surface area contributed by atoms with E-state index in [9.17, 15) is 18.0 Å². The topological polar surface area (TPSA) is 105 Å². The van der Waals surface area contributed by atoms with Crippen LogP contribution in [-0.4, -0.2) is 63.9 Å². The molecule has 2 N–H and O–H groups in total. The zero-order chi connectivity index (χ0) is 17.6. The number of amides is 2. The fourth-order valence-electron chi connectivity index (χ4n) is 2.26. The molecule has 0 aliphatic carbocycles. The van der Waals surface area contributed by atoms with Gasteiger partial charge < -0.3 is 15.4 Å². The number of hydrogen-bond donors (Lipinski definition) is 2. The van der Waals surface area contributed by atoms with Gasteiger partial charge in [-0.15, -0.1) is 0 Å². The van der Waals surface area contributed by atoms with Crippen LogP contribution >= 0.6 is 0 Å². The van der Waals surface area contributed by atoms with Gasteiger partial charge in [-0.25, -0.2) is 8.42 Å². The number of likely N-dealkylation sites (N-methyl/N-ethyl adjacent to an activating group) is 1. The highest BCUT2D eigenvalue weighted by molar-refractivity contribution is 7.89. The van der Waals surface area contributed by atoms with Gasteiger partial charge in [-0.2, -0.15) is 4.31 Å². The first-order chi connectivity index (χ1) is 11.4. The Bertz CT molecular complexity index is 699. The maximum Gasteiger partial charge on any atom is 0.251 e. The number of carbonyl (C=O) groups excluding carboxylic acids is 2. The molecular weight excluding hydrogens is 334 g/mol. The van der Waals surface area contributed by atoms with Crippen LogP contribution in [0.5, 0.6) is 0 Å². The van der Waals surface area contributed by atoms with Crippen LogP contribution < -0.4 is 10.6 Å². The molecule has 0 spiro atoms. The summed E-state index contributed by atoms with van der Waals surface area (Å²) in [5.74, 6) is -0.803. The minimum atomic E-state index is -3.66. The van der Waals surface area contributed by atoms with Gasteiger partial charge in [0.1, 0.15) is 0 Å². The van der Waals surface area contributed by atoms with Crippen LogP contribution in [0.2, 0.25) is 0 Å². The van der Waals surface area contributed by atoms with Crippen molar-refractivity contribution in [1.29, 1.82) is 0 Å². The minimum Gasteiger partial charge on any atom is -0.379 e. The maximum atomic E-state index is 12.6. The summed E-state index contributed by atoms with van der Waals surface area (Å²) in [6.45, 7) is 3.37. The maximum absolute atomic E-state index is 12.6. The second-order valence-corrected chi connectivity index (χ2v) is 7.12. The van der Waals surface area contributed by atoms with Gasteiger partial charge in [0.05, 0.1) is 24.7 Å². The van der Waals surface area contributed by atoms with E-state index in [1.165, 1.54) is 28.6 Å². The van der Waals surface area contributed by atoms with E-state index in [1.807, 2.05) is 0 Å². The zero-order valence-electron chi connectivity index (χ0n) is 13.4. The standard InChI is InChI=1S/C15H21N3O5S/c1-2-16-14(19)11-17-15(20)12-4-3-5-13(10-12)24(21,22)18-6-8-23-9-7-18/h3-5,10H,2,6-9,11H2,1H3,(H,16,19)(H,17,20). The summed E-state index contributed by atoms with van der Waals surface area (Å²) in [4.78, 5) is 23.5. The number of ether oxygens (including phenoxy) is 1. The van der Waals surface area contributed by atoms with Crippen LogP contribution in [0.1, 0.15) is 17.3 Å².